The Morgan fingerprint density at radius 1 is 1.25 bits per heavy atom. The number of aryl methyl sites for hydroxylation is 1. The van der Waals surface area contributed by atoms with Crippen molar-refractivity contribution in [2.75, 3.05) is 5.73 Å². The number of nitrogen functional groups attached to an aromatic ring is 1. The molecular weight excluding hydrogens is 320 g/mol. The molecule has 0 atom stereocenters. The fourth-order valence-corrected chi connectivity index (χ4v) is 2.34. The van der Waals surface area contributed by atoms with E-state index in [1.54, 1.807) is 6.20 Å². The maximum atomic E-state index is 5.74. The molecule has 1 aromatic carbocycles. The zero-order valence-electron chi connectivity index (χ0n) is 10.7. The van der Waals surface area contributed by atoms with Gasteiger partial charge in [0.1, 0.15) is 5.69 Å². The van der Waals surface area contributed by atoms with Crippen LogP contribution < -0.4 is 5.73 Å². The number of rotatable bonds is 2. The standard InChI is InChI=1S/C14H11BrN4O/c1-8-7-9(16)4-5-10(8)14-18-13(19-20-14)12-11(15)3-2-6-17-12/h2-7H,16H2,1H3. The molecule has 0 saturated heterocycles. The zero-order chi connectivity index (χ0) is 14.1. The van der Waals surface area contributed by atoms with Crippen LogP contribution in [-0.4, -0.2) is 15.1 Å². The number of halogens is 1. The summed E-state index contributed by atoms with van der Waals surface area (Å²) < 4.78 is 6.14. The van der Waals surface area contributed by atoms with Gasteiger partial charge in [-0.25, -0.2) is 0 Å². The van der Waals surface area contributed by atoms with E-state index in [0.29, 0.717) is 23.1 Å². The Hall–Kier alpha value is -2.21. The van der Waals surface area contributed by atoms with Gasteiger partial charge in [-0.15, -0.1) is 0 Å². The van der Waals surface area contributed by atoms with E-state index < -0.39 is 0 Å². The van der Waals surface area contributed by atoms with Crippen LogP contribution >= 0.6 is 15.9 Å². The van der Waals surface area contributed by atoms with Gasteiger partial charge in [-0.3, -0.25) is 4.98 Å². The van der Waals surface area contributed by atoms with E-state index in [1.807, 2.05) is 37.3 Å². The molecule has 0 spiro atoms. The SMILES string of the molecule is Cc1cc(N)ccc1-c1nc(-c2ncccc2Br)no1. The maximum absolute atomic E-state index is 5.74. The van der Waals surface area contributed by atoms with E-state index in [1.165, 1.54) is 0 Å². The predicted molar refractivity (Wildman–Crippen MR) is 79.8 cm³/mol. The van der Waals surface area contributed by atoms with Crippen molar-refractivity contribution in [1.29, 1.82) is 0 Å². The third kappa shape index (κ3) is 2.30. The molecule has 0 aliphatic heterocycles. The summed E-state index contributed by atoms with van der Waals surface area (Å²) >= 11 is 3.42. The second kappa shape index (κ2) is 5.05. The topological polar surface area (TPSA) is 77.8 Å². The van der Waals surface area contributed by atoms with Crippen molar-refractivity contribution in [3.05, 3.63) is 46.6 Å². The molecule has 0 amide bonds. The Bertz CT molecular complexity index is 769. The monoisotopic (exact) mass is 330 g/mol. The van der Waals surface area contributed by atoms with Gasteiger partial charge < -0.3 is 10.3 Å². The Balaban J connectivity index is 2.04. The van der Waals surface area contributed by atoms with Crippen molar-refractivity contribution in [2.45, 2.75) is 6.92 Å². The van der Waals surface area contributed by atoms with E-state index in [0.717, 1.165) is 15.6 Å². The first kappa shape index (κ1) is 12.8. The first-order valence-corrected chi connectivity index (χ1v) is 6.75. The van der Waals surface area contributed by atoms with Crippen LogP contribution in [0.15, 0.2) is 45.5 Å². The number of anilines is 1. The quantitative estimate of drug-likeness (QED) is 0.728. The minimum absolute atomic E-state index is 0.448. The molecule has 0 saturated carbocycles. The predicted octanol–water partition coefficient (Wildman–Crippen LogP) is 3.45. The van der Waals surface area contributed by atoms with Crippen molar-refractivity contribution in [3.63, 3.8) is 0 Å². The smallest absolute Gasteiger partial charge is 0.258 e. The van der Waals surface area contributed by atoms with Crippen molar-refractivity contribution < 1.29 is 4.52 Å². The first-order valence-electron chi connectivity index (χ1n) is 5.96. The molecule has 3 aromatic rings. The molecule has 5 nitrogen and oxygen atoms in total. The van der Waals surface area contributed by atoms with Gasteiger partial charge >= 0.3 is 0 Å². The van der Waals surface area contributed by atoms with Crippen LogP contribution in [0.25, 0.3) is 23.0 Å². The normalized spacial score (nSPS) is 10.7. The molecule has 0 aliphatic carbocycles. The number of benzene rings is 1. The fraction of sp³-hybridized carbons (Fsp3) is 0.0714. The highest BCUT2D eigenvalue weighted by molar-refractivity contribution is 9.10. The van der Waals surface area contributed by atoms with Crippen LogP contribution in [0.5, 0.6) is 0 Å². The molecule has 0 radical (unpaired) electrons. The number of aromatic nitrogens is 3. The number of pyridine rings is 1. The largest absolute Gasteiger partial charge is 0.399 e. The lowest BCUT2D eigenvalue weighted by Crippen LogP contribution is -1.89. The highest BCUT2D eigenvalue weighted by Gasteiger charge is 2.15. The van der Waals surface area contributed by atoms with Crippen molar-refractivity contribution in [3.8, 4) is 23.0 Å². The first-order chi connectivity index (χ1) is 9.65. The summed E-state index contributed by atoms with van der Waals surface area (Å²) in [7, 11) is 0. The van der Waals surface area contributed by atoms with Gasteiger partial charge in [0.2, 0.25) is 5.82 Å². The molecule has 6 heteroatoms. The highest BCUT2D eigenvalue weighted by Crippen LogP contribution is 2.28. The number of hydrogen-bond donors (Lipinski definition) is 1. The van der Waals surface area contributed by atoms with Gasteiger partial charge in [0.05, 0.1) is 0 Å². The van der Waals surface area contributed by atoms with Crippen LogP contribution in [0.4, 0.5) is 5.69 Å². The van der Waals surface area contributed by atoms with Crippen LogP contribution in [0.1, 0.15) is 5.56 Å². The Morgan fingerprint density at radius 3 is 2.85 bits per heavy atom. The third-order valence-corrected chi connectivity index (χ3v) is 3.52. The molecule has 100 valence electrons. The molecule has 2 heterocycles. The maximum Gasteiger partial charge on any atom is 0.258 e. The zero-order valence-corrected chi connectivity index (χ0v) is 12.3. The molecule has 2 aromatic heterocycles. The van der Waals surface area contributed by atoms with Gasteiger partial charge in [0.25, 0.3) is 5.89 Å². The van der Waals surface area contributed by atoms with E-state index in [9.17, 15) is 0 Å². The van der Waals surface area contributed by atoms with Crippen LogP contribution in [0, 0.1) is 6.92 Å². The summed E-state index contributed by atoms with van der Waals surface area (Å²) in [6, 6.07) is 9.26. The Morgan fingerprint density at radius 2 is 2.10 bits per heavy atom. The molecule has 0 unspecified atom stereocenters. The van der Waals surface area contributed by atoms with E-state index in [4.69, 9.17) is 10.3 Å². The van der Waals surface area contributed by atoms with Crippen molar-refractivity contribution in [1.82, 2.24) is 15.1 Å². The summed E-state index contributed by atoms with van der Waals surface area (Å²) in [6.07, 6.45) is 1.69. The molecule has 0 bridgehead atoms. The van der Waals surface area contributed by atoms with E-state index in [2.05, 4.69) is 31.1 Å². The lowest BCUT2D eigenvalue weighted by molar-refractivity contribution is 0.432. The molecule has 3 rings (SSSR count). The van der Waals surface area contributed by atoms with E-state index in [-0.39, 0.29) is 0 Å². The van der Waals surface area contributed by atoms with Gasteiger partial charge in [-0.05, 0) is 58.7 Å². The van der Waals surface area contributed by atoms with Crippen LogP contribution in [0.2, 0.25) is 0 Å². The molecule has 2 N–H and O–H groups in total. The number of hydrogen-bond acceptors (Lipinski definition) is 5. The Labute approximate surface area is 124 Å². The van der Waals surface area contributed by atoms with Crippen molar-refractivity contribution >= 4 is 21.6 Å². The number of nitrogens with zero attached hydrogens (tertiary/aromatic N) is 3. The average Bonchev–Trinajstić information content (AvgIpc) is 2.88. The van der Waals surface area contributed by atoms with Gasteiger partial charge in [0.15, 0.2) is 0 Å². The fourth-order valence-electron chi connectivity index (χ4n) is 1.91. The van der Waals surface area contributed by atoms with Gasteiger partial charge in [0, 0.05) is 21.9 Å². The van der Waals surface area contributed by atoms with Crippen LogP contribution in [-0.2, 0) is 0 Å². The van der Waals surface area contributed by atoms with E-state index >= 15 is 0 Å². The molecule has 20 heavy (non-hydrogen) atoms. The van der Waals surface area contributed by atoms with Crippen LogP contribution in [0.3, 0.4) is 0 Å². The highest BCUT2D eigenvalue weighted by atomic mass is 79.9. The van der Waals surface area contributed by atoms with Gasteiger partial charge in [-0.1, -0.05) is 5.16 Å². The summed E-state index contributed by atoms with van der Waals surface area (Å²) in [6.45, 7) is 1.95. The molecular formula is C14H11BrN4O. The second-order valence-electron chi connectivity index (χ2n) is 4.33. The van der Waals surface area contributed by atoms with Gasteiger partial charge in [-0.2, -0.15) is 4.98 Å². The molecule has 0 aliphatic rings. The average molecular weight is 331 g/mol. The molecule has 0 fully saturated rings. The number of nitrogens with two attached hydrogens (primary N) is 1. The summed E-state index contributed by atoms with van der Waals surface area (Å²) in [4.78, 5) is 8.63. The minimum Gasteiger partial charge on any atom is -0.399 e. The summed E-state index contributed by atoms with van der Waals surface area (Å²) in [5.41, 5.74) is 8.95. The second-order valence-corrected chi connectivity index (χ2v) is 5.19. The third-order valence-electron chi connectivity index (χ3n) is 2.88. The minimum atomic E-state index is 0.448. The Kier molecular flexibility index (Phi) is 3.23. The summed E-state index contributed by atoms with van der Waals surface area (Å²) in [5, 5.41) is 3.98. The summed E-state index contributed by atoms with van der Waals surface area (Å²) in [5.74, 6) is 0.902. The van der Waals surface area contributed by atoms with Crippen molar-refractivity contribution in [2.24, 2.45) is 0 Å². The lowest BCUT2D eigenvalue weighted by Gasteiger charge is -2.01. The lowest BCUT2D eigenvalue weighted by atomic mass is 10.1.